The largest absolute Gasteiger partial charge is 0.493 e. The number of methoxy groups -OCH3 is 1. The van der Waals surface area contributed by atoms with Crippen LogP contribution in [-0.2, 0) is 11.3 Å². The van der Waals surface area contributed by atoms with Crippen molar-refractivity contribution in [1.82, 2.24) is 10.6 Å². The number of halogens is 1. The highest BCUT2D eigenvalue weighted by Gasteiger charge is 2.17. The molecule has 1 saturated heterocycles. The van der Waals surface area contributed by atoms with E-state index in [-0.39, 0.29) is 18.3 Å². The molecule has 6 heteroatoms. The lowest BCUT2D eigenvalue weighted by Gasteiger charge is -2.13. The van der Waals surface area contributed by atoms with Crippen molar-refractivity contribution in [1.29, 1.82) is 0 Å². The minimum Gasteiger partial charge on any atom is -0.493 e. The number of hydrogen-bond donors (Lipinski definition) is 2. The first kappa shape index (κ1) is 20.6. The fourth-order valence-electron chi connectivity index (χ4n) is 2.70. The molecule has 24 heavy (non-hydrogen) atoms. The van der Waals surface area contributed by atoms with Gasteiger partial charge in [-0.05, 0) is 43.5 Å². The normalized spacial score (nSPS) is 16.3. The standard InChI is InChI=1S/C18H28N2O3.ClH/c1-3-4-10-23-16-8-7-14(11-17(16)22-2)13-20-18(21)12-15-6-5-9-19-15;/h7-8,11,15,19H,3-6,9-10,12-13H2,1-2H3,(H,20,21);1H. The number of benzene rings is 1. The lowest BCUT2D eigenvalue weighted by molar-refractivity contribution is -0.121. The number of carbonyl (C=O) groups is 1. The van der Waals surface area contributed by atoms with Crippen LogP contribution < -0.4 is 20.1 Å². The molecule has 0 bridgehead atoms. The van der Waals surface area contributed by atoms with Gasteiger partial charge < -0.3 is 20.1 Å². The van der Waals surface area contributed by atoms with Crippen LogP contribution in [0.1, 0.15) is 44.6 Å². The third kappa shape index (κ3) is 6.57. The molecule has 1 aromatic carbocycles. The van der Waals surface area contributed by atoms with Gasteiger partial charge in [0.05, 0.1) is 13.7 Å². The van der Waals surface area contributed by atoms with Gasteiger partial charge in [0, 0.05) is 19.0 Å². The van der Waals surface area contributed by atoms with E-state index in [0.717, 1.165) is 43.5 Å². The average molecular weight is 357 g/mol. The maximum atomic E-state index is 12.0. The molecule has 136 valence electrons. The minimum atomic E-state index is 0. The van der Waals surface area contributed by atoms with E-state index in [0.29, 0.717) is 31.4 Å². The molecule has 0 spiro atoms. The second-order valence-electron chi connectivity index (χ2n) is 5.96. The summed E-state index contributed by atoms with van der Waals surface area (Å²) in [5.74, 6) is 1.56. The van der Waals surface area contributed by atoms with Crippen molar-refractivity contribution in [3.63, 3.8) is 0 Å². The van der Waals surface area contributed by atoms with Gasteiger partial charge in [-0.3, -0.25) is 4.79 Å². The quantitative estimate of drug-likeness (QED) is 0.668. The number of amides is 1. The molecule has 0 aliphatic carbocycles. The summed E-state index contributed by atoms with van der Waals surface area (Å²) in [6.07, 6.45) is 4.92. The van der Waals surface area contributed by atoms with E-state index < -0.39 is 0 Å². The van der Waals surface area contributed by atoms with Crippen LogP contribution in [0.3, 0.4) is 0 Å². The molecule has 5 nitrogen and oxygen atoms in total. The van der Waals surface area contributed by atoms with Gasteiger partial charge in [-0.15, -0.1) is 12.4 Å². The van der Waals surface area contributed by atoms with Crippen molar-refractivity contribution in [2.24, 2.45) is 0 Å². The number of rotatable bonds is 9. The molecule has 1 amide bonds. The first-order chi connectivity index (χ1) is 11.2. The van der Waals surface area contributed by atoms with E-state index in [2.05, 4.69) is 17.6 Å². The van der Waals surface area contributed by atoms with E-state index in [1.54, 1.807) is 7.11 Å². The fraction of sp³-hybridized carbons (Fsp3) is 0.611. The summed E-state index contributed by atoms with van der Waals surface area (Å²) in [7, 11) is 1.64. The molecule has 1 aliphatic heterocycles. The van der Waals surface area contributed by atoms with Crippen LogP contribution in [0.25, 0.3) is 0 Å². The maximum Gasteiger partial charge on any atom is 0.221 e. The van der Waals surface area contributed by atoms with Crippen LogP contribution in [0.4, 0.5) is 0 Å². The third-order valence-electron chi connectivity index (χ3n) is 4.07. The fourth-order valence-corrected chi connectivity index (χ4v) is 2.70. The van der Waals surface area contributed by atoms with Gasteiger partial charge >= 0.3 is 0 Å². The van der Waals surface area contributed by atoms with Crippen molar-refractivity contribution in [2.75, 3.05) is 20.3 Å². The number of ether oxygens (including phenoxy) is 2. The molecule has 2 N–H and O–H groups in total. The second kappa shape index (κ2) is 11.2. The van der Waals surface area contributed by atoms with E-state index in [4.69, 9.17) is 9.47 Å². The first-order valence-corrected chi connectivity index (χ1v) is 8.52. The van der Waals surface area contributed by atoms with Gasteiger partial charge in [-0.1, -0.05) is 19.4 Å². The molecule has 1 atom stereocenters. The van der Waals surface area contributed by atoms with Gasteiger partial charge in [0.2, 0.25) is 5.91 Å². The van der Waals surface area contributed by atoms with E-state index >= 15 is 0 Å². The molecule has 2 rings (SSSR count). The lowest BCUT2D eigenvalue weighted by Crippen LogP contribution is -2.31. The van der Waals surface area contributed by atoms with Gasteiger partial charge in [-0.25, -0.2) is 0 Å². The second-order valence-corrected chi connectivity index (χ2v) is 5.96. The predicted molar refractivity (Wildman–Crippen MR) is 98.1 cm³/mol. The molecule has 1 heterocycles. The molecular formula is C18H29ClN2O3. The van der Waals surface area contributed by atoms with Crippen molar-refractivity contribution >= 4 is 18.3 Å². The van der Waals surface area contributed by atoms with Crippen LogP contribution in [-0.4, -0.2) is 32.2 Å². The Labute approximate surface area is 150 Å². The van der Waals surface area contributed by atoms with Gasteiger partial charge in [0.1, 0.15) is 0 Å². The Morgan fingerprint density at radius 3 is 2.88 bits per heavy atom. The minimum absolute atomic E-state index is 0. The van der Waals surface area contributed by atoms with E-state index in [1.165, 1.54) is 0 Å². The Hall–Kier alpha value is -1.46. The van der Waals surface area contributed by atoms with Crippen molar-refractivity contribution in [3.8, 4) is 11.5 Å². The number of hydrogen-bond acceptors (Lipinski definition) is 4. The number of unbranched alkanes of at least 4 members (excludes halogenated alkanes) is 1. The van der Waals surface area contributed by atoms with Crippen LogP contribution in [0.15, 0.2) is 18.2 Å². The SMILES string of the molecule is CCCCOc1ccc(CNC(=O)CC2CCCN2)cc1OC.Cl. The van der Waals surface area contributed by atoms with Gasteiger partial charge in [-0.2, -0.15) is 0 Å². The summed E-state index contributed by atoms with van der Waals surface area (Å²) in [6, 6.07) is 6.14. The molecule has 1 aliphatic rings. The summed E-state index contributed by atoms with van der Waals surface area (Å²) in [4.78, 5) is 12.0. The summed E-state index contributed by atoms with van der Waals surface area (Å²) >= 11 is 0. The molecule has 0 saturated carbocycles. The Morgan fingerprint density at radius 1 is 1.38 bits per heavy atom. The number of carbonyl (C=O) groups excluding carboxylic acids is 1. The summed E-state index contributed by atoms with van der Waals surface area (Å²) < 4.78 is 11.1. The average Bonchev–Trinajstić information content (AvgIpc) is 3.06. The molecule has 1 fully saturated rings. The topological polar surface area (TPSA) is 59.6 Å². The van der Waals surface area contributed by atoms with Crippen molar-refractivity contribution in [3.05, 3.63) is 23.8 Å². The summed E-state index contributed by atoms with van der Waals surface area (Å²) in [6.45, 7) is 4.36. The number of nitrogens with one attached hydrogen (secondary N) is 2. The Balaban J connectivity index is 0.00000288. The highest BCUT2D eigenvalue weighted by atomic mass is 35.5. The van der Waals surface area contributed by atoms with E-state index in [1.807, 2.05) is 18.2 Å². The molecule has 0 radical (unpaired) electrons. The zero-order valence-electron chi connectivity index (χ0n) is 14.6. The smallest absolute Gasteiger partial charge is 0.221 e. The van der Waals surface area contributed by atoms with Crippen LogP contribution >= 0.6 is 12.4 Å². The lowest BCUT2D eigenvalue weighted by atomic mass is 10.1. The van der Waals surface area contributed by atoms with Crippen molar-refractivity contribution in [2.45, 2.75) is 51.6 Å². The summed E-state index contributed by atoms with van der Waals surface area (Å²) in [5.41, 5.74) is 1.01. The highest BCUT2D eigenvalue weighted by molar-refractivity contribution is 5.85. The van der Waals surface area contributed by atoms with Crippen LogP contribution in [0.5, 0.6) is 11.5 Å². The maximum absolute atomic E-state index is 12.0. The molecule has 1 unspecified atom stereocenters. The molecular weight excluding hydrogens is 328 g/mol. The Morgan fingerprint density at radius 2 is 2.21 bits per heavy atom. The van der Waals surface area contributed by atoms with Crippen molar-refractivity contribution < 1.29 is 14.3 Å². The Bertz CT molecular complexity index is 505. The van der Waals surface area contributed by atoms with Crippen LogP contribution in [0, 0.1) is 0 Å². The van der Waals surface area contributed by atoms with E-state index in [9.17, 15) is 4.79 Å². The zero-order valence-corrected chi connectivity index (χ0v) is 15.4. The van der Waals surface area contributed by atoms with Crippen LogP contribution in [0.2, 0.25) is 0 Å². The monoisotopic (exact) mass is 356 g/mol. The third-order valence-corrected chi connectivity index (χ3v) is 4.07. The van der Waals surface area contributed by atoms with Gasteiger partial charge in [0.15, 0.2) is 11.5 Å². The van der Waals surface area contributed by atoms with Gasteiger partial charge in [0.25, 0.3) is 0 Å². The highest BCUT2D eigenvalue weighted by Crippen LogP contribution is 2.28. The predicted octanol–water partition coefficient (Wildman–Crippen LogP) is 3.05. The summed E-state index contributed by atoms with van der Waals surface area (Å²) in [5, 5.41) is 6.31. The molecule has 1 aromatic rings. The Kier molecular flexibility index (Phi) is 9.57. The molecule has 0 aromatic heterocycles. The first-order valence-electron chi connectivity index (χ1n) is 8.52. The zero-order chi connectivity index (χ0) is 16.5.